The van der Waals surface area contributed by atoms with Gasteiger partial charge >= 0.3 is 0 Å². The molecule has 0 unspecified atom stereocenters. The topological polar surface area (TPSA) is 92.8 Å². The Balaban J connectivity index is 1.40. The summed E-state index contributed by atoms with van der Waals surface area (Å²) in [6.07, 6.45) is 7.08. The van der Waals surface area contributed by atoms with Crippen molar-refractivity contribution in [2.24, 2.45) is 0 Å². The molecule has 4 rings (SSSR count). The van der Waals surface area contributed by atoms with Crippen LogP contribution in [0.4, 0.5) is 5.00 Å². The number of ether oxygens (including phenoxy) is 1. The molecule has 7 nitrogen and oxygen atoms in total. The first-order chi connectivity index (χ1) is 17.0. The highest BCUT2D eigenvalue weighted by Gasteiger charge is 2.21. The number of nitrogens with one attached hydrogen (secondary N) is 1. The van der Waals surface area contributed by atoms with Gasteiger partial charge in [0.1, 0.15) is 23.4 Å². The molecule has 0 saturated heterocycles. The van der Waals surface area contributed by atoms with Crippen LogP contribution in [0.1, 0.15) is 52.2 Å². The first-order valence-corrected chi connectivity index (χ1v) is 13.5. The number of amides is 1. The number of nitrogens with zero attached hydrogens (tertiary/aromatic N) is 4. The van der Waals surface area contributed by atoms with Crippen molar-refractivity contribution < 1.29 is 9.53 Å². The number of anilines is 1. The van der Waals surface area contributed by atoms with Crippen LogP contribution in [0.2, 0.25) is 0 Å². The standard InChI is InChI=1S/C26H29N5O2S2/c1-4-12-31-23(15-33-21-11-10-17(2)13-18(21)3)29-30-26(31)34-16-24(32)28-25-20(14-27)19-8-6-5-7-9-22(19)35-25/h4,10-11,13H,1,5-9,12,15-16H2,2-3H3,(H,28,32). The Hall–Kier alpha value is -3.09. The summed E-state index contributed by atoms with van der Waals surface area (Å²) in [5.41, 5.74) is 4.00. The fourth-order valence-corrected chi connectivity index (χ4v) is 6.21. The molecule has 2 aromatic heterocycles. The highest BCUT2D eigenvalue weighted by atomic mass is 32.2. The monoisotopic (exact) mass is 507 g/mol. The van der Waals surface area contributed by atoms with E-state index in [4.69, 9.17) is 4.74 Å². The average Bonchev–Trinajstić information content (AvgIpc) is 3.28. The van der Waals surface area contributed by atoms with E-state index in [9.17, 15) is 10.1 Å². The van der Waals surface area contributed by atoms with Gasteiger partial charge in [-0.1, -0.05) is 42.0 Å². The Morgan fingerprint density at radius 2 is 2.14 bits per heavy atom. The van der Waals surface area contributed by atoms with E-state index in [0.717, 1.165) is 42.6 Å². The summed E-state index contributed by atoms with van der Waals surface area (Å²) in [4.78, 5) is 14.0. The van der Waals surface area contributed by atoms with Crippen LogP contribution in [0.3, 0.4) is 0 Å². The van der Waals surface area contributed by atoms with Crippen molar-refractivity contribution in [3.63, 3.8) is 0 Å². The van der Waals surface area contributed by atoms with E-state index in [-0.39, 0.29) is 18.3 Å². The van der Waals surface area contributed by atoms with Gasteiger partial charge in [-0.05, 0) is 56.7 Å². The number of hydrogen-bond donors (Lipinski definition) is 1. The Morgan fingerprint density at radius 1 is 1.31 bits per heavy atom. The van der Waals surface area contributed by atoms with Crippen molar-refractivity contribution in [2.45, 2.75) is 64.3 Å². The molecule has 182 valence electrons. The van der Waals surface area contributed by atoms with Gasteiger partial charge in [0.15, 0.2) is 11.0 Å². The maximum atomic E-state index is 12.7. The molecular formula is C26H29N5O2S2. The van der Waals surface area contributed by atoms with Gasteiger partial charge in [0, 0.05) is 11.4 Å². The fourth-order valence-electron chi connectivity index (χ4n) is 4.19. The third kappa shape index (κ3) is 5.95. The lowest BCUT2D eigenvalue weighted by Crippen LogP contribution is -2.15. The van der Waals surface area contributed by atoms with E-state index in [1.807, 2.05) is 30.5 Å². The molecule has 0 spiro atoms. The lowest BCUT2D eigenvalue weighted by Gasteiger charge is -2.11. The van der Waals surface area contributed by atoms with Gasteiger partial charge in [-0.25, -0.2) is 0 Å². The zero-order valence-corrected chi connectivity index (χ0v) is 21.7. The molecule has 1 aliphatic carbocycles. The predicted molar refractivity (Wildman–Crippen MR) is 140 cm³/mol. The third-order valence-corrected chi connectivity index (χ3v) is 8.08. The van der Waals surface area contributed by atoms with Crippen molar-refractivity contribution in [1.29, 1.82) is 5.26 Å². The first kappa shape index (κ1) is 25.0. The van der Waals surface area contributed by atoms with Gasteiger partial charge in [0.25, 0.3) is 0 Å². The minimum absolute atomic E-state index is 0.163. The summed E-state index contributed by atoms with van der Waals surface area (Å²) in [5.74, 6) is 1.48. The SMILES string of the molecule is C=CCn1c(COc2ccc(C)cc2C)nnc1SCC(=O)Nc1sc2c(c1C#N)CCCCC2. The van der Waals surface area contributed by atoms with Crippen LogP contribution in [-0.2, 0) is 30.8 Å². The molecule has 2 heterocycles. The van der Waals surface area contributed by atoms with Crippen LogP contribution in [0, 0.1) is 25.2 Å². The van der Waals surface area contributed by atoms with Crippen LogP contribution >= 0.6 is 23.1 Å². The minimum Gasteiger partial charge on any atom is -0.485 e. The molecule has 3 aromatic rings. The van der Waals surface area contributed by atoms with Crippen molar-refractivity contribution >= 4 is 34.0 Å². The van der Waals surface area contributed by atoms with Crippen LogP contribution < -0.4 is 10.1 Å². The van der Waals surface area contributed by atoms with Gasteiger partial charge in [-0.2, -0.15) is 5.26 Å². The van der Waals surface area contributed by atoms with Crippen LogP contribution in [-0.4, -0.2) is 26.4 Å². The number of aromatic nitrogens is 3. The Labute approximate surface area is 214 Å². The zero-order valence-electron chi connectivity index (χ0n) is 20.1. The fraction of sp³-hybridized carbons (Fsp3) is 0.385. The molecule has 0 bridgehead atoms. The summed E-state index contributed by atoms with van der Waals surface area (Å²) < 4.78 is 7.89. The Morgan fingerprint density at radius 3 is 2.91 bits per heavy atom. The van der Waals surface area contributed by atoms with E-state index in [1.54, 1.807) is 17.4 Å². The first-order valence-electron chi connectivity index (χ1n) is 11.7. The van der Waals surface area contributed by atoms with Crippen molar-refractivity contribution in [1.82, 2.24) is 14.8 Å². The lowest BCUT2D eigenvalue weighted by molar-refractivity contribution is -0.113. The second kappa shape index (κ2) is 11.6. The number of nitriles is 1. The number of fused-ring (bicyclic) bond motifs is 1. The molecule has 35 heavy (non-hydrogen) atoms. The van der Waals surface area contributed by atoms with Gasteiger partial charge < -0.3 is 10.1 Å². The summed E-state index contributed by atoms with van der Waals surface area (Å²) in [5, 5.41) is 22.5. The van der Waals surface area contributed by atoms with Gasteiger partial charge in [0.2, 0.25) is 5.91 Å². The molecule has 1 amide bonds. The third-order valence-electron chi connectivity index (χ3n) is 5.91. The molecular weight excluding hydrogens is 478 g/mol. The number of hydrogen-bond acceptors (Lipinski definition) is 7. The molecule has 0 atom stereocenters. The number of carbonyl (C=O) groups excluding carboxylic acids is 1. The Kier molecular flexibility index (Phi) is 8.26. The molecule has 1 aliphatic rings. The maximum absolute atomic E-state index is 12.7. The van der Waals surface area contributed by atoms with Crippen molar-refractivity contribution in [3.8, 4) is 11.8 Å². The molecule has 1 N–H and O–H groups in total. The van der Waals surface area contributed by atoms with E-state index < -0.39 is 0 Å². The molecule has 1 aromatic carbocycles. The maximum Gasteiger partial charge on any atom is 0.235 e. The lowest BCUT2D eigenvalue weighted by atomic mass is 10.1. The van der Waals surface area contributed by atoms with Crippen LogP contribution in [0.15, 0.2) is 36.0 Å². The highest BCUT2D eigenvalue weighted by molar-refractivity contribution is 7.99. The van der Waals surface area contributed by atoms with E-state index >= 15 is 0 Å². The number of thiophene rings is 1. The van der Waals surface area contributed by atoms with E-state index in [0.29, 0.717) is 28.1 Å². The number of aryl methyl sites for hydroxylation is 3. The second-order valence-electron chi connectivity index (χ2n) is 8.57. The zero-order chi connectivity index (χ0) is 24.8. The molecule has 0 fully saturated rings. The number of allylic oxidation sites excluding steroid dienone is 1. The highest BCUT2D eigenvalue weighted by Crippen LogP contribution is 2.37. The molecule has 0 saturated carbocycles. The molecule has 0 radical (unpaired) electrons. The van der Waals surface area contributed by atoms with E-state index in [1.165, 1.54) is 28.6 Å². The van der Waals surface area contributed by atoms with Gasteiger partial charge in [-0.15, -0.1) is 28.1 Å². The number of rotatable bonds is 9. The predicted octanol–water partition coefficient (Wildman–Crippen LogP) is 5.59. The average molecular weight is 508 g/mol. The summed E-state index contributed by atoms with van der Waals surface area (Å²) in [6.45, 7) is 8.68. The summed E-state index contributed by atoms with van der Waals surface area (Å²) in [6, 6.07) is 8.36. The van der Waals surface area contributed by atoms with Crippen LogP contribution in [0.25, 0.3) is 0 Å². The van der Waals surface area contributed by atoms with Crippen molar-refractivity contribution in [2.75, 3.05) is 11.1 Å². The normalized spacial score (nSPS) is 12.9. The number of thioether (sulfide) groups is 1. The van der Waals surface area contributed by atoms with E-state index in [2.05, 4.69) is 34.2 Å². The quantitative estimate of drug-likeness (QED) is 0.230. The summed E-state index contributed by atoms with van der Waals surface area (Å²) >= 11 is 2.85. The second-order valence-corrected chi connectivity index (χ2v) is 10.6. The molecule has 0 aliphatic heterocycles. The molecule has 9 heteroatoms. The number of benzene rings is 1. The van der Waals surface area contributed by atoms with Gasteiger partial charge in [-0.3, -0.25) is 9.36 Å². The smallest absolute Gasteiger partial charge is 0.235 e. The number of carbonyl (C=O) groups is 1. The minimum atomic E-state index is -0.163. The largest absolute Gasteiger partial charge is 0.485 e. The van der Waals surface area contributed by atoms with Gasteiger partial charge in [0.05, 0.1) is 11.3 Å². The summed E-state index contributed by atoms with van der Waals surface area (Å²) in [7, 11) is 0. The van der Waals surface area contributed by atoms with Crippen LogP contribution in [0.5, 0.6) is 5.75 Å². The Bertz CT molecular complexity index is 1270. The van der Waals surface area contributed by atoms with Crippen molar-refractivity contribution in [3.05, 3.63) is 63.8 Å².